The molecule has 0 aliphatic carbocycles. The third-order valence-corrected chi connectivity index (χ3v) is 4.69. The maximum atomic E-state index is 12.2. The molecular weight excluding hydrogens is 390 g/mol. The average Bonchev–Trinajstić information content (AvgIpc) is 2.60. The van der Waals surface area contributed by atoms with Crippen molar-refractivity contribution in [2.75, 3.05) is 11.9 Å². The van der Waals surface area contributed by atoms with Gasteiger partial charge in [0.05, 0.1) is 15.4 Å². The molecule has 0 spiro atoms. The zero-order valence-electron chi connectivity index (χ0n) is 15.0. The van der Waals surface area contributed by atoms with Gasteiger partial charge in [0, 0.05) is 17.3 Å². The van der Waals surface area contributed by atoms with Crippen LogP contribution >= 0.6 is 0 Å². The lowest BCUT2D eigenvalue weighted by molar-refractivity contribution is -0.385. The van der Waals surface area contributed by atoms with E-state index in [-0.39, 0.29) is 21.8 Å². The van der Waals surface area contributed by atoms with E-state index in [0.717, 1.165) is 6.07 Å². The summed E-state index contributed by atoms with van der Waals surface area (Å²) in [5.74, 6) is -1.63. The zero-order chi connectivity index (χ0) is 21.1. The molecule has 0 atom stereocenters. The van der Waals surface area contributed by atoms with Crippen molar-refractivity contribution in [1.29, 1.82) is 0 Å². The van der Waals surface area contributed by atoms with E-state index < -0.39 is 33.4 Å². The molecule has 28 heavy (non-hydrogen) atoms. The van der Waals surface area contributed by atoms with E-state index in [1.807, 2.05) is 0 Å². The lowest BCUT2D eigenvalue weighted by Crippen LogP contribution is -2.21. The molecule has 0 bridgehead atoms. The predicted octanol–water partition coefficient (Wildman–Crippen LogP) is 1.65. The smallest absolute Gasteiger partial charge is 0.338 e. The number of nitrogens with two attached hydrogens (primary N) is 1. The molecule has 0 fully saturated rings. The van der Waals surface area contributed by atoms with Crippen molar-refractivity contribution in [2.45, 2.75) is 18.7 Å². The quantitative estimate of drug-likeness (QED) is 0.418. The molecule has 0 heterocycles. The second kappa shape index (κ2) is 8.15. The Labute approximate surface area is 160 Å². The molecular formula is C17H17N3O7S. The molecule has 0 aliphatic rings. The van der Waals surface area contributed by atoms with Gasteiger partial charge in [-0.15, -0.1) is 0 Å². The number of primary sulfonamides is 1. The van der Waals surface area contributed by atoms with Crippen LogP contribution < -0.4 is 10.5 Å². The molecule has 0 unspecified atom stereocenters. The maximum absolute atomic E-state index is 12.2. The minimum Gasteiger partial charge on any atom is -0.452 e. The highest BCUT2D eigenvalue weighted by molar-refractivity contribution is 7.89. The number of nitro groups is 1. The van der Waals surface area contributed by atoms with Gasteiger partial charge in [-0.1, -0.05) is 12.1 Å². The Morgan fingerprint density at radius 2 is 1.79 bits per heavy atom. The van der Waals surface area contributed by atoms with Crippen molar-refractivity contribution in [3.63, 3.8) is 0 Å². The van der Waals surface area contributed by atoms with Gasteiger partial charge in [0.1, 0.15) is 0 Å². The second-order valence-electron chi connectivity index (χ2n) is 5.90. The molecule has 0 aliphatic heterocycles. The summed E-state index contributed by atoms with van der Waals surface area (Å²) in [6.07, 6.45) is 0. The van der Waals surface area contributed by atoms with Crippen molar-refractivity contribution in [3.8, 4) is 0 Å². The summed E-state index contributed by atoms with van der Waals surface area (Å²) in [4.78, 5) is 34.2. The van der Waals surface area contributed by atoms with E-state index in [0.29, 0.717) is 11.1 Å². The van der Waals surface area contributed by atoms with Gasteiger partial charge in [0.2, 0.25) is 10.0 Å². The molecule has 1 amide bonds. The lowest BCUT2D eigenvalue weighted by atomic mass is 10.1. The van der Waals surface area contributed by atoms with Crippen LogP contribution in [-0.2, 0) is 19.6 Å². The van der Waals surface area contributed by atoms with Crippen molar-refractivity contribution in [2.24, 2.45) is 5.14 Å². The van der Waals surface area contributed by atoms with Crippen LogP contribution in [0.5, 0.6) is 0 Å². The number of nitrogens with zero attached hydrogens (tertiary/aromatic N) is 1. The van der Waals surface area contributed by atoms with Gasteiger partial charge >= 0.3 is 5.97 Å². The number of aryl methyl sites for hydroxylation is 2. The Morgan fingerprint density at radius 1 is 1.14 bits per heavy atom. The first-order valence-corrected chi connectivity index (χ1v) is 9.39. The number of benzene rings is 2. The maximum Gasteiger partial charge on any atom is 0.338 e. The SMILES string of the molecule is Cc1ccc(S(N)(=O)=O)cc1C(=O)OCC(=O)Nc1ccc(C)c([N+](=O)[O-])c1. The standard InChI is InChI=1S/C17H17N3O7S/c1-10-4-6-13(28(18,25)26)8-14(10)17(22)27-9-16(21)19-12-5-3-11(2)15(7-12)20(23)24/h3-8H,9H2,1-2H3,(H,19,21)(H2,18,25,26). The number of anilines is 1. The third-order valence-electron chi connectivity index (χ3n) is 3.78. The highest BCUT2D eigenvalue weighted by atomic mass is 32.2. The first kappa shape index (κ1) is 21.0. The van der Waals surface area contributed by atoms with E-state index in [1.165, 1.54) is 30.3 Å². The molecule has 0 radical (unpaired) electrons. The van der Waals surface area contributed by atoms with E-state index in [2.05, 4.69) is 5.32 Å². The molecule has 2 rings (SSSR count). The normalized spacial score (nSPS) is 11.0. The Hall–Kier alpha value is -3.31. The van der Waals surface area contributed by atoms with Crippen molar-refractivity contribution in [3.05, 3.63) is 63.2 Å². The lowest BCUT2D eigenvalue weighted by Gasteiger charge is -2.09. The van der Waals surface area contributed by atoms with Gasteiger partial charge in [0.25, 0.3) is 11.6 Å². The number of hydrogen-bond acceptors (Lipinski definition) is 7. The van der Waals surface area contributed by atoms with E-state index in [1.54, 1.807) is 13.8 Å². The van der Waals surface area contributed by atoms with Crippen LogP contribution in [0.25, 0.3) is 0 Å². The van der Waals surface area contributed by atoms with Crippen molar-refractivity contribution < 1.29 is 27.7 Å². The number of nitrogens with one attached hydrogen (secondary N) is 1. The van der Waals surface area contributed by atoms with Crippen molar-refractivity contribution in [1.82, 2.24) is 0 Å². The van der Waals surface area contributed by atoms with Crippen LogP contribution in [0.1, 0.15) is 21.5 Å². The molecule has 2 aromatic carbocycles. The zero-order valence-corrected chi connectivity index (χ0v) is 15.8. The Kier molecular flexibility index (Phi) is 6.11. The summed E-state index contributed by atoms with van der Waals surface area (Å²) in [5.41, 5.74) is 0.827. The van der Waals surface area contributed by atoms with Gasteiger partial charge in [-0.25, -0.2) is 18.4 Å². The van der Waals surface area contributed by atoms with E-state index >= 15 is 0 Å². The summed E-state index contributed by atoms with van der Waals surface area (Å²) in [6.45, 7) is 2.46. The first-order valence-electron chi connectivity index (χ1n) is 7.84. The van der Waals surface area contributed by atoms with Gasteiger partial charge in [-0.2, -0.15) is 0 Å². The van der Waals surface area contributed by atoms with Crippen LogP contribution in [0, 0.1) is 24.0 Å². The number of nitro benzene ring substituents is 1. The minimum absolute atomic E-state index is 0.0506. The predicted molar refractivity (Wildman–Crippen MR) is 99.3 cm³/mol. The number of esters is 1. The van der Waals surface area contributed by atoms with Crippen LogP contribution in [-0.4, -0.2) is 31.8 Å². The van der Waals surface area contributed by atoms with Crippen LogP contribution in [0.2, 0.25) is 0 Å². The number of sulfonamides is 1. The second-order valence-corrected chi connectivity index (χ2v) is 7.47. The molecule has 11 heteroatoms. The fraction of sp³-hybridized carbons (Fsp3) is 0.176. The molecule has 2 aromatic rings. The van der Waals surface area contributed by atoms with Crippen molar-refractivity contribution >= 4 is 33.3 Å². The fourth-order valence-corrected chi connectivity index (χ4v) is 2.83. The van der Waals surface area contributed by atoms with Crippen LogP contribution in [0.15, 0.2) is 41.3 Å². The summed E-state index contributed by atoms with van der Waals surface area (Å²) in [6, 6.07) is 7.84. The highest BCUT2D eigenvalue weighted by Crippen LogP contribution is 2.22. The molecule has 10 nitrogen and oxygen atoms in total. The summed E-state index contributed by atoms with van der Waals surface area (Å²) in [5, 5.41) is 18.4. The van der Waals surface area contributed by atoms with Crippen LogP contribution in [0.4, 0.5) is 11.4 Å². The number of rotatable bonds is 6. The number of hydrogen-bond donors (Lipinski definition) is 2. The van der Waals surface area contributed by atoms with Gasteiger partial charge in [-0.3, -0.25) is 14.9 Å². The van der Waals surface area contributed by atoms with Gasteiger partial charge in [0.15, 0.2) is 6.61 Å². The fourth-order valence-electron chi connectivity index (χ4n) is 2.29. The van der Waals surface area contributed by atoms with Gasteiger partial charge in [-0.05, 0) is 37.6 Å². The monoisotopic (exact) mass is 407 g/mol. The summed E-state index contributed by atoms with van der Waals surface area (Å²) in [7, 11) is -4.00. The minimum atomic E-state index is -4.00. The molecule has 0 saturated heterocycles. The van der Waals surface area contributed by atoms with E-state index in [4.69, 9.17) is 9.88 Å². The molecule has 148 valence electrons. The first-order chi connectivity index (χ1) is 13.0. The highest BCUT2D eigenvalue weighted by Gasteiger charge is 2.18. The summed E-state index contributed by atoms with van der Waals surface area (Å²) < 4.78 is 27.7. The number of carbonyl (C=O) groups is 2. The average molecular weight is 407 g/mol. The molecule has 0 saturated carbocycles. The topological polar surface area (TPSA) is 159 Å². The Morgan fingerprint density at radius 3 is 2.39 bits per heavy atom. The number of ether oxygens (including phenoxy) is 1. The molecule has 0 aromatic heterocycles. The largest absolute Gasteiger partial charge is 0.452 e. The van der Waals surface area contributed by atoms with E-state index in [9.17, 15) is 28.1 Å². The Balaban J connectivity index is 2.06. The van der Waals surface area contributed by atoms with Crippen LogP contribution in [0.3, 0.4) is 0 Å². The number of amides is 1. The van der Waals surface area contributed by atoms with Gasteiger partial charge < -0.3 is 10.1 Å². The summed E-state index contributed by atoms with van der Waals surface area (Å²) >= 11 is 0. The number of carbonyl (C=O) groups excluding carboxylic acids is 2. The molecule has 3 N–H and O–H groups in total. The Bertz CT molecular complexity index is 1060. The third kappa shape index (κ3) is 5.11.